The van der Waals surface area contributed by atoms with Gasteiger partial charge in [-0.25, -0.2) is 9.78 Å². The van der Waals surface area contributed by atoms with Crippen LogP contribution in [0.3, 0.4) is 0 Å². The number of thiazole rings is 1. The minimum Gasteiger partial charge on any atom is -0.435 e. The maximum Gasteiger partial charge on any atom is 0.387 e. The number of amides is 1. The van der Waals surface area contributed by atoms with Crippen molar-refractivity contribution in [2.24, 2.45) is 0 Å². The Balaban J connectivity index is 1.72. The fourth-order valence-electron chi connectivity index (χ4n) is 2.39. The van der Waals surface area contributed by atoms with Gasteiger partial charge in [0.2, 0.25) is 5.91 Å². The van der Waals surface area contributed by atoms with Crippen LogP contribution in [0, 0.1) is 6.92 Å². The number of hydrogen-bond acceptors (Lipinski definition) is 6. The monoisotopic (exact) mass is 408 g/mol. The predicted molar refractivity (Wildman–Crippen MR) is 98.9 cm³/mol. The largest absolute Gasteiger partial charge is 0.435 e. The van der Waals surface area contributed by atoms with Gasteiger partial charge in [0.05, 0.1) is 5.69 Å². The molecule has 0 atom stereocenters. The number of H-pyrrole nitrogens is 1. The molecule has 2 aromatic heterocycles. The minimum absolute atomic E-state index is 0.0338. The fourth-order valence-corrected chi connectivity index (χ4v) is 3.25. The van der Waals surface area contributed by atoms with Crippen molar-refractivity contribution in [3.05, 3.63) is 62.2 Å². The first kappa shape index (κ1) is 19.4. The second-order valence-electron chi connectivity index (χ2n) is 5.61. The molecule has 0 radical (unpaired) electrons. The molecule has 0 bridgehead atoms. The van der Waals surface area contributed by atoms with Crippen LogP contribution < -0.4 is 21.3 Å². The van der Waals surface area contributed by atoms with Crippen molar-refractivity contribution >= 4 is 22.4 Å². The zero-order valence-corrected chi connectivity index (χ0v) is 15.3. The molecular weight excluding hydrogens is 394 g/mol. The van der Waals surface area contributed by atoms with Crippen molar-refractivity contribution in [1.29, 1.82) is 0 Å². The number of ether oxygens (including phenoxy) is 1. The van der Waals surface area contributed by atoms with Crippen molar-refractivity contribution < 1.29 is 18.3 Å². The van der Waals surface area contributed by atoms with Gasteiger partial charge in [0, 0.05) is 22.7 Å². The first-order valence-corrected chi connectivity index (χ1v) is 8.76. The van der Waals surface area contributed by atoms with E-state index in [4.69, 9.17) is 0 Å². The normalized spacial score (nSPS) is 10.9. The van der Waals surface area contributed by atoms with E-state index in [-0.39, 0.29) is 12.3 Å². The lowest BCUT2D eigenvalue weighted by Crippen LogP contribution is -2.32. The van der Waals surface area contributed by atoms with E-state index >= 15 is 0 Å². The van der Waals surface area contributed by atoms with E-state index in [1.54, 1.807) is 19.1 Å². The number of benzene rings is 1. The summed E-state index contributed by atoms with van der Waals surface area (Å²) in [6.45, 7) is -1.38. The number of carbonyl (C=O) groups is 1. The average molecular weight is 408 g/mol. The number of aromatic amines is 1. The molecule has 146 valence electrons. The second kappa shape index (κ2) is 8.13. The van der Waals surface area contributed by atoms with Gasteiger partial charge in [-0.05, 0) is 31.2 Å². The zero-order chi connectivity index (χ0) is 20.3. The lowest BCUT2D eigenvalue weighted by atomic mass is 10.1. The standard InChI is InChI=1S/C17H14F2N4O4S/c1-9-14(10-2-4-11(5-3-10)27-15(18)19)22-16(28-9)20-13(25)8-23-7-6-12(24)21-17(23)26/h2-7,15H,8H2,1H3,(H,20,22,25)(H,21,24,26). The third-order valence-corrected chi connectivity index (χ3v) is 4.49. The summed E-state index contributed by atoms with van der Waals surface area (Å²) in [7, 11) is 0. The molecule has 2 heterocycles. The molecule has 0 unspecified atom stereocenters. The van der Waals surface area contributed by atoms with Crippen molar-refractivity contribution in [3.63, 3.8) is 0 Å². The number of rotatable bonds is 6. The number of carbonyl (C=O) groups excluding carboxylic acids is 1. The summed E-state index contributed by atoms with van der Waals surface area (Å²) in [4.78, 5) is 42.0. The van der Waals surface area contributed by atoms with Crippen LogP contribution in [0.25, 0.3) is 11.3 Å². The van der Waals surface area contributed by atoms with E-state index in [9.17, 15) is 23.2 Å². The molecule has 0 spiro atoms. The third kappa shape index (κ3) is 4.68. The van der Waals surface area contributed by atoms with Crippen LogP contribution in [0.5, 0.6) is 5.75 Å². The van der Waals surface area contributed by atoms with Crippen LogP contribution in [0.1, 0.15) is 4.88 Å². The topological polar surface area (TPSA) is 106 Å². The van der Waals surface area contributed by atoms with E-state index in [1.165, 1.54) is 29.7 Å². The Bertz CT molecular complexity index is 1110. The maximum atomic E-state index is 12.2. The van der Waals surface area contributed by atoms with E-state index in [0.717, 1.165) is 15.5 Å². The highest BCUT2D eigenvalue weighted by Gasteiger charge is 2.13. The number of hydrogen-bond donors (Lipinski definition) is 2. The highest BCUT2D eigenvalue weighted by atomic mass is 32.1. The molecule has 0 aliphatic carbocycles. The molecule has 3 aromatic rings. The number of halogens is 2. The summed E-state index contributed by atoms with van der Waals surface area (Å²) >= 11 is 1.23. The summed E-state index contributed by atoms with van der Waals surface area (Å²) < 4.78 is 29.8. The molecule has 0 saturated carbocycles. The van der Waals surface area contributed by atoms with Gasteiger partial charge in [0.1, 0.15) is 12.3 Å². The van der Waals surface area contributed by atoms with Gasteiger partial charge < -0.3 is 10.1 Å². The summed E-state index contributed by atoms with van der Waals surface area (Å²) in [5.41, 5.74) is 0.0226. The Labute approximate surface area is 160 Å². The predicted octanol–water partition coefficient (Wildman–Crippen LogP) is 2.21. The number of aromatic nitrogens is 3. The summed E-state index contributed by atoms with van der Waals surface area (Å²) in [5, 5.41) is 2.92. The molecule has 2 N–H and O–H groups in total. The Morgan fingerprint density at radius 3 is 2.64 bits per heavy atom. The molecule has 1 amide bonds. The molecule has 0 aliphatic rings. The quantitative estimate of drug-likeness (QED) is 0.651. The fraction of sp³-hybridized carbons (Fsp3) is 0.176. The van der Waals surface area contributed by atoms with Crippen LogP contribution in [-0.2, 0) is 11.3 Å². The molecule has 28 heavy (non-hydrogen) atoms. The number of nitrogens with zero attached hydrogens (tertiary/aromatic N) is 2. The zero-order valence-electron chi connectivity index (χ0n) is 14.4. The van der Waals surface area contributed by atoms with Crippen molar-refractivity contribution in [3.8, 4) is 17.0 Å². The number of nitrogens with one attached hydrogen (secondary N) is 2. The highest BCUT2D eigenvalue weighted by molar-refractivity contribution is 7.16. The van der Waals surface area contributed by atoms with Crippen molar-refractivity contribution in [2.45, 2.75) is 20.1 Å². The summed E-state index contributed by atoms with van der Waals surface area (Å²) in [6.07, 6.45) is 1.22. The SMILES string of the molecule is Cc1sc(NC(=O)Cn2ccc(=O)[nH]c2=O)nc1-c1ccc(OC(F)F)cc1. The van der Waals surface area contributed by atoms with Gasteiger partial charge in [0.15, 0.2) is 5.13 Å². The second-order valence-corrected chi connectivity index (χ2v) is 6.82. The first-order valence-electron chi connectivity index (χ1n) is 7.94. The van der Waals surface area contributed by atoms with Crippen molar-refractivity contribution in [2.75, 3.05) is 5.32 Å². The van der Waals surface area contributed by atoms with Gasteiger partial charge >= 0.3 is 12.3 Å². The highest BCUT2D eigenvalue weighted by Crippen LogP contribution is 2.31. The Kier molecular flexibility index (Phi) is 5.64. The smallest absolute Gasteiger partial charge is 0.387 e. The third-order valence-electron chi connectivity index (χ3n) is 3.61. The number of aryl methyl sites for hydroxylation is 1. The molecule has 1 aromatic carbocycles. The van der Waals surface area contributed by atoms with Crippen LogP contribution in [0.15, 0.2) is 46.1 Å². The Morgan fingerprint density at radius 1 is 1.29 bits per heavy atom. The maximum absolute atomic E-state index is 12.2. The molecule has 11 heteroatoms. The van der Waals surface area contributed by atoms with Crippen LogP contribution >= 0.6 is 11.3 Å². The molecule has 0 aliphatic heterocycles. The Hall–Kier alpha value is -3.34. The molecule has 3 rings (SSSR count). The average Bonchev–Trinajstić information content (AvgIpc) is 2.97. The van der Waals surface area contributed by atoms with Gasteiger partial charge in [0.25, 0.3) is 5.56 Å². The number of alkyl halides is 2. The van der Waals surface area contributed by atoms with Crippen LogP contribution in [0.4, 0.5) is 13.9 Å². The van der Waals surface area contributed by atoms with Gasteiger partial charge in [-0.15, -0.1) is 11.3 Å². The van der Waals surface area contributed by atoms with E-state index < -0.39 is 23.8 Å². The van der Waals surface area contributed by atoms with Gasteiger partial charge in [-0.1, -0.05) is 0 Å². The van der Waals surface area contributed by atoms with Crippen LogP contribution in [-0.4, -0.2) is 27.1 Å². The van der Waals surface area contributed by atoms with Gasteiger partial charge in [-0.3, -0.25) is 19.1 Å². The van der Waals surface area contributed by atoms with Crippen LogP contribution in [0.2, 0.25) is 0 Å². The molecule has 8 nitrogen and oxygen atoms in total. The molecule has 0 saturated heterocycles. The Morgan fingerprint density at radius 2 is 2.00 bits per heavy atom. The lowest BCUT2D eigenvalue weighted by Gasteiger charge is -2.05. The molecule has 0 fully saturated rings. The van der Waals surface area contributed by atoms with Crippen molar-refractivity contribution in [1.82, 2.24) is 14.5 Å². The summed E-state index contributed by atoms with van der Waals surface area (Å²) in [5.74, 6) is -0.457. The number of anilines is 1. The van der Waals surface area contributed by atoms with E-state index in [2.05, 4.69) is 20.0 Å². The molecular formula is C17H14F2N4O4S. The lowest BCUT2D eigenvalue weighted by molar-refractivity contribution is -0.116. The minimum atomic E-state index is -2.90. The van der Waals surface area contributed by atoms with Gasteiger partial charge in [-0.2, -0.15) is 8.78 Å². The van der Waals surface area contributed by atoms with E-state index in [1.807, 2.05) is 0 Å². The summed E-state index contributed by atoms with van der Waals surface area (Å²) in [6, 6.07) is 7.13. The van der Waals surface area contributed by atoms with E-state index in [0.29, 0.717) is 16.4 Å². The first-order chi connectivity index (χ1) is 13.3.